The highest BCUT2D eigenvalue weighted by Crippen LogP contribution is 2.13. The fraction of sp³-hybridized carbons (Fsp3) is 0.133. The van der Waals surface area contributed by atoms with Gasteiger partial charge in [0.15, 0.2) is 0 Å². The van der Waals surface area contributed by atoms with E-state index >= 15 is 0 Å². The molecule has 1 amide bonds. The van der Waals surface area contributed by atoms with E-state index in [0.29, 0.717) is 17.1 Å². The zero-order valence-electron chi connectivity index (χ0n) is 10.2. The van der Waals surface area contributed by atoms with E-state index in [-0.39, 0.29) is 18.1 Å². The van der Waals surface area contributed by atoms with Gasteiger partial charge in [0.1, 0.15) is 5.82 Å². The van der Waals surface area contributed by atoms with Crippen molar-refractivity contribution in [3.05, 3.63) is 65.5 Å². The summed E-state index contributed by atoms with van der Waals surface area (Å²) >= 11 is 5.68. The maximum Gasteiger partial charge on any atom is 0.228 e. The number of alkyl halides is 1. The molecule has 0 atom stereocenters. The molecule has 98 valence electrons. The molecule has 2 aromatic carbocycles. The molecule has 0 unspecified atom stereocenters. The monoisotopic (exact) mass is 277 g/mol. The summed E-state index contributed by atoms with van der Waals surface area (Å²) in [4.78, 5) is 11.8. The second kappa shape index (κ2) is 6.34. The zero-order valence-corrected chi connectivity index (χ0v) is 11.0. The summed E-state index contributed by atoms with van der Waals surface area (Å²) in [5.41, 5.74) is 2.04. The first-order valence-corrected chi connectivity index (χ1v) is 6.40. The molecule has 0 fully saturated rings. The van der Waals surface area contributed by atoms with Crippen molar-refractivity contribution in [1.82, 2.24) is 0 Å². The number of hydrogen-bond donors (Lipinski definition) is 1. The van der Waals surface area contributed by atoms with Gasteiger partial charge in [0.2, 0.25) is 5.91 Å². The average Bonchev–Trinajstić information content (AvgIpc) is 2.42. The van der Waals surface area contributed by atoms with Crippen molar-refractivity contribution in [3.63, 3.8) is 0 Å². The van der Waals surface area contributed by atoms with Crippen molar-refractivity contribution < 1.29 is 9.18 Å². The van der Waals surface area contributed by atoms with Gasteiger partial charge in [-0.1, -0.05) is 30.3 Å². The van der Waals surface area contributed by atoms with E-state index in [0.717, 1.165) is 5.56 Å². The Bertz CT molecular complexity index is 569. The van der Waals surface area contributed by atoms with Gasteiger partial charge < -0.3 is 5.32 Å². The molecule has 1 N–H and O–H groups in total. The average molecular weight is 278 g/mol. The molecule has 2 aromatic rings. The van der Waals surface area contributed by atoms with Crippen molar-refractivity contribution in [2.75, 3.05) is 5.32 Å². The lowest BCUT2D eigenvalue weighted by Crippen LogP contribution is -2.15. The molecule has 0 radical (unpaired) electrons. The van der Waals surface area contributed by atoms with E-state index in [9.17, 15) is 9.18 Å². The number of amides is 1. The van der Waals surface area contributed by atoms with E-state index in [4.69, 9.17) is 11.6 Å². The van der Waals surface area contributed by atoms with Gasteiger partial charge in [-0.25, -0.2) is 4.39 Å². The number of carbonyl (C=O) groups excluding carboxylic acids is 1. The first kappa shape index (κ1) is 13.6. The molecule has 0 aliphatic carbocycles. The molecule has 2 nitrogen and oxygen atoms in total. The second-order valence-electron chi connectivity index (χ2n) is 4.15. The number of rotatable bonds is 4. The minimum absolute atomic E-state index is 0.0178. The lowest BCUT2D eigenvalue weighted by molar-refractivity contribution is -0.115. The summed E-state index contributed by atoms with van der Waals surface area (Å²) in [7, 11) is 0. The largest absolute Gasteiger partial charge is 0.326 e. The Balaban J connectivity index is 1.99. The van der Waals surface area contributed by atoms with E-state index in [1.165, 1.54) is 6.07 Å². The summed E-state index contributed by atoms with van der Waals surface area (Å²) in [5, 5.41) is 2.72. The van der Waals surface area contributed by atoms with Crippen LogP contribution in [-0.4, -0.2) is 5.91 Å². The summed E-state index contributed by atoms with van der Waals surface area (Å²) in [6.07, 6.45) is 0.0178. The molecule has 0 heterocycles. The number of hydrogen-bond acceptors (Lipinski definition) is 1. The molecular weight excluding hydrogens is 265 g/mol. The van der Waals surface area contributed by atoms with Gasteiger partial charge in [-0.15, -0.1) is 11.6 Å². The topological polar surface area (TPSA) is 29.1 Å². The molecule has 0 saturated carbocycles. The molecule has 0 spiro atoms. The molecule has 0 aliphatic rings. The van der Waals surface area contributed by atoms with Gasteiger partial charge in [0, 0.05) is 11.6 Å². The molecule has 19 heavy (non-hydrogen) atoms. The summed E-state index contributed by atoms with van der Waals surface area (Å²) in [5.74, 6) is -0.178. The lowest BCUT2D eigenvalue weighted by Gasteiger charge is -2.06. The number of nitrogens with one attached hydrogen (secondary N) is 1. The lowest BCUT2D eigenvalue weighted by atomic mass is 10.1. The smallest absolute Gasteiger partial charge is 0.228 e. The van der Waals surface area contributed by atoms with E-state index in [1.807, 2.05) is 12.1 Å². The number of anilines is 1. The predicted octanol–water partition coefficient (Wildman–Crippen LogP) is 3.75. The fourth-order valence-electron chi connectivity index (χ4n) is 1.70. The van der Waals surface area contributed by atoms with Gasteiger partial charge in [-0.2, -0.15) is 0 Å². The van der Waals surface area contributed by atoms with Crippen molar-refractivity contribution >= 4 is 23.2 Å². The molecule has 4 heteroatoms. The second-order valence-corrected chi connectivity index (χ2v) is 4.41. The predicted molar refractivity (Wildman–Crippen MR) is 74.7 cm³/mol. The van der Waals surface area contributed by atoms with E-state index in [2.05, 4.69) is 5.32 Å². The maximum absolute atomic E-state index is 13.4. The number of benzene rings is 2. The van der Waals surface area contributed by atoms with Crippen molar-refractivity contribution in [2.24, 2.45) is 0 Å². The Labute approximate surface area is 116 Å². The third kappa shape index (κ3) is 3.80. The van der Waals surface area contributed by atoms with Gasteiger partial charge in [-0.3, -0.25) is 4.79 Å². The molecule has 0 aliphatic heterocycles. The van der Waals surface area contributed by atoms with E-state index < -0.39 is 0 Å². The van der Waals surface area contributed by atoms with Gasteiger partial charge in [-0.05, 0) is 29.3 Å². The Hall–Kier alpha value is -1.87. The van der Waals surface area contributed by atoms with Gasteiger partial charge >= 0.3 is 0 Å². The normalized spacial score (nSPS) is 10.2. The third-order valence-electron chi connectivity index (χ3n) is 2.70. The Morgan fingerprint density at radius 1 is 1.11 bits per heavy atom. The van der Waals surface area contributed by atoms with Gasteiger partial charge in [0.05, 0.1) is 6.42 Å². The third-order valence-corrected chi connectivity index (χ3v) is 3.01. The van der Waals surface area contributed by atoms with Crippen LogP contribution in [0.15, 0.2) is 48.5 Å². The van der Waals surface area contributed by atoms with Crippen LogP contribution in [0, 0.1) is 5.82 Å². The van der Waals surface area contributed by atoms with Crippen LogP contribution in [-0.2, 0) is 17.1 Å². The van der Waals surface area contributed by atoms with Crippen LogP contribution in [0.4, 0.5) is 10.1 Å². The molecule has 0 bridgehead atoms. The summed E-state index contributed by atoms with van der Waals surface area (Å²) < 4.78 is 13.4. The molecule has 0 saturated heterocycles. The minimum atomic E-state index is -0.366. The first-order chi connectivity index (χ1) is 9.19. The van der Waals surface area contributed by atoms with E-state index in [1.54, 1.807) is 30.3 Å². The van der Waals surface area contributed by atoms with Crippen molar-refractivity contribution in [2.45, 2.75) is 12.3 Å². The standard InChI is InChI=1S/C15H13ClFNO/c16-10-11-5-7-13(8-6-11)18-15(19)9-12-3-1-2-4-14(12)17/h1-8H,9-10H2,(H,18,19). The highest BCUT2D eigenvalue weighted by molar-refractivity contribution is 6.17. The highest BCUT2D eigenvalue weighted by atomic mass is 35.5. The van der Waals surface area contributed by atoms with Gasteiger partial charge in [0.25, 0.3) is 0 Å². The van der Waals surface area contributed by atoms with Crippen LogP contribution in [0.3, 0.4) is 0 Å². The SMILES string of the molecule is O=C(Cc1ccccc1F)Nc1ccc(CCl)cc1. The summed E-state index contributed by atoms with van der Waals surface area (Å²) in [6, 6.07) is 13.5. The number of carbonyl (C=O) groups is 1. The van der Waals surface area contributed by atoms with Crippen LogP contribution >= 0.6 is 11.6 Å². The molecule has 0 aromatic heterocycles. The van der Waals surface area contributed by atoms with Crippen molar-refractivity contribution in [1.29, 1.82) is 0 Å². The molecular formula is C15H13ClFNO. The number of halogens is 2. The van der Waals surface area contributed by atoms with Crippen LogP contribution in [0.2, 0.25) is 0 Å². The Kier molecular flexibility index (Phi) is 4.53. The molecule has 2 rings (SSSR count). The van der Waals surface area contributed by atoms with Crippen LogP contribution in [0.5, 0.6) is 0 Å². The minimum Gasteiger partial charge on any atom is -0.326 e. The van der Waals surface area contributed by atoms with Crippen LogP contribution in [0.25, 0.3) is 0 Å². The van der Waals surface area contributed by atoms with Crippen LogP contribution in [0.1, 0.15) is 11.1 Å². The summed E-state index contributed by atoms with van der Waals surface area (Å²) in [6.45, 7) is 0. The highest BCUT2D eigenvalue weighted by Gasteiger charge is 2.07. The zero-order chi connectivity index (χ0) is 13.7. The first-order valence-electron chi connectivity index (χ1n) is 5.87. The fourth-order valence-corrected chi connectivity index (χ4v) is 1.88. The van der Waals surface area contributed by atoms with Crippen molar-refractivity contribution in [3.8, 4) is 0 Å². The van der Waals surface area contributed by atoms with Crippen LogP contribution < -0.4 is 5.32 Å². The quantitative estimate of drug-likeness (QED) is 0.848. The maximum atomic E-state index is 13.4. The Morgan fingerprint density at radius 2 is 1.79 bits per heavy atom. The Morgan fingerprint density at radius 3 is 2.42 bits per heavy atom.